The Kier molecular flexibility index (Phi) is 8.80. The Balaban J connectivity index is 2.15. The van der Waals surface area contributed by atoms with Gasteiger partial charge in [0.05, 0.1) is 0 Å². The van der Waals surface area contributed by atoms with E-state index in [-0.39, 0.29) is 0 Å². The van der Waals surface area contributed by atoms with Crippen LogP contribution in [0.4, 0.5) is 0 Å². The fourth-order valence-corrected chi connectivity index (χ4v) is 5.60. The van der Waals surface area contributed by atoms with Crippen molar-refractivity contribution < 1.29 is 0 Å². The molecule has 1 aliphatic rings. The summed E-state index contributed by atoms with van der Waals surface area (Å²) in [6, 6.07) is 11.3. The van der Waals surface area contributed by atoms with Crippen LogP contribution in [0.25, 0.3) is 0 Å². The lowest BCUT2D eigenvalue weighted by atomic mass is 9.61. The summed E-state index contributed by atoms with van der Waals surface area (Å²) in [5.74, 6) is 2.31. The Hall–Kier alpha value is -1.56. The maximum Gasteiger partial charge on any atom is 0.00343 e. The Bertz CT molecular complexity index is 627. The minimum atomic E-state index is 0.352. The van der Waals surface area contributed by atoms with Crippen molar-refractivity contribution >= 4 is 0 Å². The van der Waals surface area contributed by atoms with Gasteiger partial charge < -0.3 is 0 Å². The predicted molar refractivity (Wildman–Crippen MR) is 126 cm³/mol. The molecule has 0 radical (unpaired) electrons. The van der Waals surface area contributed by atoms with E-state index in [4.69, 9.17) is 0 Å². The van der Waals surface area contributed by atoms with Crippen LogP contribution in [-0.4, -0.2) is 0 Å². The highest BCUT2D eigenvalue weighted by molar-refractivity contribution is 5.27. The number of hydrogen-bond acceptors (Lipinski definition) is 0. The Morgan fingerprint density at radius 1 is 1.18 bits per heavy atom. The first-order valence-corrected chi connectivity index (χ1v) is 11.5. The van der Waals surface area contributed by atoms with Gasteiger partial charge in [0.1, 0.15) is 0 Å². The summed E-state index contributed by atoms with van der Waals surface area (Å²) in [5, 5.41) is 0. The van der Waals surface area contributed by atoms with Gasteiger partial charge in [0.15, 0.2) is 0 Å². The van der Waals surface area contributed by atoms with E-state index < -0.39 is 0 Å². The zero-order valence-corrected chi connectivity index (χ0v) is 18.8. The second kappa shape index (κ2) is 10.8. The minimum absolute atomic E-state index is 0.352. The molecule has 2 rings (SSSR count). The van der Waals surface area contributed by atoms with Crippen LogP contribution < -0.4 is 0 Å². The van der Waals surface area contributed by atoms with Crippen molar-refractivity contribution in [2.75, 3.05) is 0 Å². The van der Waals surface area contributed by atoms with Gasteiger partial charge in [-0.2, -0.15) is 0 Å². The lowest BCUT2D eigenvalue weighted by Gasteiger charge is -2.44. The molecule has 154 valence electrons. The molecule has 1 aromatic rings. The van der Waals surface area contributed by atoms with Gasteiger partial charge in [-0.1, -0.05) is 94.3 Å². The molecule has 0 spiro atoms. The molecule has 0 saturated heterocycles. The van der Waals surface area contributed by atoms with Gasteiger partial charge in [0.2, 0.25) is 0 Å². The fraction of sp³-hybridized carbons (Fsp3) is 0.571. The molecule has 3 unspecified atom stereocenters. The Morgan fingerprint density at radius 3 is 2.36 bits per heavy atom. The lowest BCUT2D eigenvalue weighted by Crippen LogP contribution is -2.35. The fourth-order valence-electron chi connectivity index (χ4n) is 5.60. The first-order chi connectivity index (χ1) is 13.5. The quantitative estimate of drug-likeness (QED) is 0.358. The van der Waals surface area contributed by atoms with E-state index in [1.54, 1.807) is 5.56 Å². The van der Waals surface area contributed by atoms with E-state index >= 15 is 0 Å². The predicted octanol–water partition coefficient (Wildman–Crippen LogP) is 8.51. The van der Waals surface area contributed by atoms with Crippen molar-refractivity contribution in [3.63, 3.8) is 0 Å². The summed E-state index contributed by atoms with van der Waals surface area (Å²) in [6.07, 6.45) is 15.6. The molecule has 0 amide bonds. The van der Waals surface area contributed by atoms with Crippen molar-refractivity contribution in [3.05, 3.63) is 72.9 Å². The Morgan fingerprint density at radius 2 is 1.82 bits per heavy atom. The van der Waals surface area contributed by atoms with Crippen LogP contribution >= 0.6 is 0 Å². The van der Waals surface area contributed by atoms with Crippen molar-refractivity contribution in [3.8, 4) is 0 Å². The van der Waals surface area contributed by atoms with Gasteiger partial charge in [-0.05, 0) is 67.8 Å². The SMILES string of the molecule is C=CC(C(=C)C1CCC(CC(C)CCC)(c2ccccc2)CC1)C(C)/C=C\C. The highest BCUT2D eigenvalue weighted by atomic mass is 14.4. The molecule has 0 nitrogen and oxygen atoms in total. The van der Waals surface area contributed by atoms with Crippen LogP contribution in [0, 0.1) is 23.7 Å². The van der Waals surface area contributed by atoms with Gasteiger partial charge in [-0.15, -0.1) is 6.58 Å². The van der Waals surface area contributed by atoms with E-state index in [1.165, 1.54) is 50.5 Å². The first-order valence-electron chi connectivity index (χ1n) is 11.5. The maximum absolute atomic E-state index is 4.56. The van der Waals surface area contributed by atoms with E-state index in [0.29, 0.717) is 23.2 Å². The third kappa shape index (κ3) is 5.49. The second-order valence-electron chi connectivity index (χ2n) is 9.24. The zero-order chi connectivity index (χ0) is 20.6. The van der Waals surface area contributed by atoms with Gasteiger partial charge in [0.25, 0.3) is 0 Å². The average Bonchev–Trinajstić information content (AvgIpc) is 2.70. The molecule has 0 N–H and O–H groups in total. The molecule has 1 saturated carbocycles. The smallest absolute Gasteiger partial charge is 0.00343 e. The van der Waals surface area contributed by atoms with Crippen LogP contribution in [0.1, 0.15) is 78.2 Å². The third-order valence-corrected chi connectivity index (χ3v) is 7.12. The molecule has 0 aliphatic heterocycles. The second-order valence-corrected chi connectivity index (χ2v) is 9.24. The minimum Gasteiger partial charge on any atom is -0.102 e. The first kappa shape index (κ1) is 22.7. The van der Waals surface area contributed by atoms with Crippen molar-refractivity contribution in [2.24, 2.45) is 23.7 Å². The molecule has 1 aliphatic carbocycles. The van der Waals surface area contributed by atoms with Crippen LogP contribution in [-0.2, 0) is 5.41 Å². The summed E-state index contributed by atoms with van der Waals surface area (Å²) >= 11 is 0. The van der Waals surface area contributed by atoms with Gasteiger partial charge in [-0.25, -0.2) is 0 Å². The molecular formula is C28H42. The molecular weight excluding hydrogens is 336 g/mol. The monoisotopic (exact) mass is 378 g/mol. The zero-order valence-electron chi connectivity index (χ0n) is 18.8. The molecule has 28 heavy (non-hydrogen) atoms. The number of rotatable bonds is 10. The number of allylic oxidation sites excluding steroid dienone is 4. The van der Waals surface area contributed by atoms with Crippen molar-refractivity contribution in [2.45, 2.75) is 78.1 Å². The highest BCUT2D eigenvalue weighted by Gasteiger charge is 2.39. The summed E-state index contributed by atoms with van der Waals surface area (Å²) in [4.78, 5) is 0. The largest absolute Gasteiger partial charge is 0.102 e. The van der Waals surface area contributed by atoms with E-state index in [1.807, 2.05) is 0 Å². The normalized spacial score (nSPS) is 25.9. The summed E-state index contributed by atoms with van der Waals surface area (Å²) in [6.45, 7) is 17.8. The summed E-state index contributed by atoms with van der Waals surface area (Å²) in [7, 11) is 0. The van der Waals surface area contributed by atoms with Crippen LogP contribution in [0.2, 0.25) is 0 Å². The maximum atomic E-state index is 4.56. The molecule has 0 bridgehead atoms. The van der Waals surface area contributed by atoms with E-state index in [0.717, 1.165) is 5.92 Å². The van der Waals surface area contributed by atoms with Gasteiger partial charge in [-0.3, -0.25) is 0 Å². The standard InChI is InChI=1S/C28H42/c1-7-13-22(4)21-28(26-15-11-10-12-16-26)19-17-25(18-20-28)24(6)27(9-3)23(5)14-8-2/h8-12,14-16,22-23,25,27H,3,6-7,13,17-21H2,1-2,4-5H3/b14-8-. The van der Waals surface area contributed by atoms with Gasteiger partial charge >= 0.3 is 0 Å². The molecule has 1 fully saturated rings. The summed E-state index contributed by atoms with van der Waals surface area (Å²) < 4.78 is 0. The van der Waals surface area contributed by atoms with Crippen LogP contribution in [0.5, 0.6) is 0 Å². The van der Waals surface area contributed by atoms with Crippen LogP contribution in [0.3, 0.4) is 0 Å². The Labute approximate surface area is 174 Å². The lowest BCUT2D eigenvalue weighted by molar-refractivity contribution is 0.200. The van der Waals surface area contributed by atoms with E-state index in [2.05, 4.69) is 89.4 Å². The molecule has 0 aromatic heterocycles. The van der Waals surface area contributed by atoms with Crippen LogP contribution in [0.15, 0.2) is 67.3 Å². The topological polar surface area (TPSA) is 0 Å². The van der Waals surface area contributed by atoms with Crippen molar-refractivity contribution in [1.29, 1.82) is 0 Å². The molecule has 1 aromatic carbocycles. The summed E-state index contributed by atoms with van der Waals surface area (Å²) in [5.41, 5.74) is 3.32. The highest BCUT2D eigenvalue weighted by Crippen LogP contribution is 2.48. The average molecular weight is 379 g/mol. The molecule has 3 atom stereocenters. The molecule has 0 heterocycles. The van der Waals surface area contributed by atoms with Gasteiger partial charge in [0, 0.05) is 5.92 Å². The van der Waals surface area contributed by atoms with E-state index in [9.17, 15) is 0 Å². The molecule has 0 heteroatoms. The number of hydrogen-bond donors (Lipinski definition) is 0. The third-order valence-electron chi connectivity index (χ3n) is 7.12. The number of benzene rings is 1. The van der Waals surface area contributed by atoms with Crippen molar-refractivity contribution in [1.82, 2.24) is 0 Å².